The van der Waals surface area contributed by atoms with Crippen molar-refractivity contribution in [3.63, 3.8) is 0 Å². The van der Waals surface area contributed by atoms with E-state index in [1.807, 2.05) is 32.9 Å². The number of nitrogens with two attached hydrogens (primary N) is 1. The number of carbonyl (C=O) groups excluding carboxylic acids is 1. The van der Waals surface area contributed by atoms with Crippen molar-refractivity contribution in [3.8, 4) is 0 Å². The molecule has 0 amide bonds. The van der Waals surface area contributed by atoms with Gasteiger partial charge in [0.25, 0.3) is 0 Å². The number of hydrogen-bond acceptors (Lipinski definition) is 4. The van der Waals surface area contributed by atoms with Crippen molar-refractivity contribution in [2.75, 3.05) is 6.54 Å². The van der Waals surface area contributed by atoms with Gasteiger partial charge in [-0.1, -0.05) is 13.0 Å². The lowest BCUT2D eigenvalue weighted by Crippen LogP contribution is -2.14. The molecule has 0 aromatic carbocycles. The van der Waals surface area contributed by atoms with E-state index >= 15 is 0 Å². The van der Waals surface area contributed by atoms with Crippen LogP contribution in [0.15, 0.2) is 6.08 Å². The number of carbonyl (C=O) groups is 1. The van der Waals surface area contributed by atoms with Crippen LogP contribution in [0.4, 0.5) is 0 Å². The maximum atomic E-state index is 11.4. The number of Topliss-reactive ketones (excluding diaryl/α,β-unsaturated/α-hetero) is 1. The predicted octanol–water partition coefficient (Wildman–Crippen LogP) is 1.77. The quantitative estimate of drug-likeness (QED) is 0.815. The fourth-order valence-corrected chi connectivity index (χ4v) is 1.66. The second-order valence-corrected chi connectivity index (χ2v) is 4.35. The van der Waals surface area contributed by atoms with Gasteiger partial charge in [-0.3, -0.25) is 9.48 Å². The predicted molar refractivity (Wildman–Crippen MR) is 78.1 cm³/mol. The van der Waals surface area contributed by atoms with Crippen molar-refractivity contribution in [1.82, 2.24) is 9.78 Å². The second-order valence-electron chi connectivity index (χ2n) is 4.35. The van der Waals surface area contributed by atoms with Crippen LogP contribution in [0.25, 0.3) is 6.08 Å². The van der Waals surface area contributed by atoms with Crippen LogP contribution in [0.1, 0.15) is 49.4 Å². The molecule has 1 aromatic heterocycles. The van der Waals surface area contributed by atoms with Gasteiger partial charge in [-0.2, -0.15) is 5.10 Å². The second kappa shape index (κ2) is 8.61. The molecule has 1 rings (SSSR count). The number of rotatable bonds is 4. The topological polar surface area (TPSA) is 81.1 Å². The van der Waals surface area contributed by atoms with E-state index < -0.39 is 6.10 Å². The number of aliphatic hydroxyl groups is 1. The number of nitrogens with zero attached hydrogens (tertiary/aromatic N) is 2. The van der Waals surface area contributed by atoms with E-state index in [0.29, 0.717) is 12.2 Å². The molecule has 1 heterocycles. The largest absolute Gasteiger partial charge is 0.391 e. The minimum absolute atomic E-state index is 0.0485. The van der Waals surface area contributed by atoms with Crippen LogP contribution in [0.3, 0.4) is 0 Å². The summed E-state index contributed by atoms with van der Waals surface area (Å²) in [4.78, 5) is 11.4. The summed E-state index contributed by atoms with van der Waals surface area (Å²) in [6, 6.07) is 0. The Labute approximate surface area is 115 Å². The molecular weight excluding hydrogens is 242 g/mol. The van der Waals surface area contributed by atoms with Crippen molar-refractivity contribution in [1.29, 1.82) is 0 Å². The maximum Gasteiger partial charge on any atom is 0.180 e. The Morgan fingerprint density at radius 3 is 2.47 bits per heavy atom. The van der Waals surface area contributed by atoms with E-state index in [1.165, 1.54) is 6.92 Å². The normalized spacial score (nSPS) is 12.2. The lowest BCUT2D eigenvalue weighted by Gasteiger charge is -2.06. The molecule has 0 spiro atoms. The Bertz CT molecular complexity index is 434. The highest BCUT2D eigenvalue weighted by Crippen LogP contribution is 2.16. The number of aromatic nitrogens is 2. The van der Waals surface area contributed by atoms with Gasteiger partial charge in [0.15, 0.2) is 5.78 Å². The van der Waals surface area contributed by atoms with Gasteiger partial charge < -0.3 is 10.8 Å². The highest BCUT2D eigenvalue weighted by molar-refractivity contribution is 5.94. The van der Waals surface area contributed by atoms with Crippen LogP contribution in [0.2, 0.25) is 0 Å². The van der Waals surface area contributed by atoms with E-state index in [-0.39, 0.29) is 5.78 Å². The standard InChI is InChI=1S/C12H18N2O2.C2H7N/c1-5-6-11-9(3)12(10(4)16)13-14(11)7-8(2)15;1-2-3/h5-6,8,15H,7H2,1-4H3;2-3H2,1H3/b6-5-;. The molecule has 0 radical (unpaired) electrons. The molecule has 3 N–H and O–H groups in total. The molecule has 0 aliphatic heterocycles. The van der Waals surface area contributed by atoms with Crippen molar-refractivity contribution >= 4 is 11.9 Å². The van der Waals surface area contributed by atoms with Crippen LogP contribution in [-0.4, -0.2) is 33.3 Å². The smallest absolute Gasteiger partial charge is 0.180 e. The fourth-order valence-electron chi connectivity index (χ4n) is 1.66. The molecule has 1 unspecified atom stereocenters. The van der Waals surface area contributed by atoms with Gasteiger partial charge >= 0.3 is 0 Å². The van der Waals surface area contributed by atoms with Gasteiger partial charge in [-0.25, -0.2) is 0 Å². The molecular formula is C14H25N3O2. The van der Waals surface area contributed by atoms with Crippen molar-refractivity contribution in [2.24, 2.45) is 5.73 Å². The summed E-state index contributed by atoms with van der Waals surface area (Å²) in [5.41, 5.74) is 7.08. The lowest BCUT2D eigenvalue weighted by atomic mass is 10.1. The number of aliphatic hydroxyl groups excluding tert-OH is 1. The first-order valence-electron chi connectivity index (χ1n) is 6.48. The molecule has 108 valence electrons. The molecule has 0 fully saturated rings. The minimum Gasteiger partial charge on any atom is -0.391 e. The molecule has 0 aliphatic rings. The van der Waals surface area contributed by atoms with E-state index in [2.05, 4.69) is 5.10 Å². The Kier molecular flexibility index (Phi) is 7.95. The first-order chi connectivity index (χ1) is 8.88. The van der Waals surface area contributed by atoms with Crippen molar-refractivity contribution < 1.29 is 9.90 Å². The van der Waals surface area contributed by atoms with Crippen molar-refractivity contribution in [3.05, 3.63) is 23.0 Å². The van der Waals surface area contributed by atoms with E-state index in [4.69, 9.17) is 5.73 Å². The molecule has 0 aliphatic carbocycles. The zero-order chi connectivity index (χ0) is 15.0. The molecule has 1 atom stereocenters. The van der Waals surface area contributed by atoms with Gasteiger partial charge in [0.2, 0.25) is 0 Å². The van der Waals surface area contributed by atoms with Crippen molar-refractivity contribution in [2.45, 2.75) is 47.3 Å². The van der Waals surface area contributed by atoms with E-state index in [0.717, 1.165) is 17.8 Å². The fraction of sp³-hybridized carbons (Fsp3) is 0.571. The molecule has 19 heavy (non-hydrogen) atoms. The highest BCUT2D eigenvalue weighted by Gasteiger charge is 2.16. The molecule has 5 nitrogen and oxygen atoms in total. The minimum atomic E-state index is -0.483. The third-order valence-electron chi connectivity index (χ3n) is 2.33. The molecule has 1 aromatic rings. The Morgan fingerprint density at radius 1 is 1.58 bits per heavy atom. The van der Waals surface area contributed by atoms with Gasteiger partial charge in [0.1, 0.15) is 5.69 Å². The Hall–Kier alpha value is -1.46. The summed E-state index contributed by atoms with van der Waals surface area (Å²) < 4.78 is 1.68. The van der Waals surface area contributed by atoms with Crippen LogP contribution < -0.4 is 5.73 Å². The number of allylic oxidation sites excluding steroid dienone is 1. The average molecular weight is 267 g/mol. The van der Waals surface area contributed by atoms with E-state index in [1.54, 1.807) is 11.6 Å². The summed E-state index contributed by atoms with van der Waals surface area (Å²) in [6.07, 6.45) is 3.31. The Balaban J connectivity index is 0.000000982. The summed E-state index contributed by atoms with van der Waals surface area (Å²) in [7, 11) is 0. The van der Waals surface area contributed by atoms with Gasteiger partial charge in [0, 0.05) is 12.5 Å². The van der Waals surface area contributed by atoms with Crippen LogP contribution >= 0.6 is 0 Å². The van der Waals surface area contributed by atoms with Gasteiger partial charge in [-0.05, 0) is 33.4 Å². The summed E-state index contributed by atoms with van der Waals surface area (Å²) >= 11 is 0. The summed E-state index contributed by atoms with van der Waals surface area (Å²) in [5, 5.41) is 13.6. The summed E-state index contributed by atoms with van der Waals surface area (Å²) in [5.74, 6) is -0.0485. The molecule has 0 saturated carbocycles. The zero-order valence-electron chi connectivity index (χ0n) is 12.5. The van der Waals surface area contributed by atoms with Crippen LogP contribution in [0, 0.1) is 6.92 Å². The van der Waals surface area contributed by atoms with Crippen LogP contribution in [0.5, 0.6) is 0 Å². The van der Waals surface area contributed by atoms with Crippen LogP contribution in [-0.2, 0) is 6.54 Å². The molecule has 0 bridgehead atoms. The molecule has 0 saturated heterocycles. The first kappa shape index (κ1) is 17.5. The number of hydrogen-bond donors (Lipinski definition) is 2. The van der Waals surface area contributed by atoms with Gasteiger partial charge in [0.05, 0.1) is 18.3 Å². The maximum absolute atomic E-state index is 11.4. The lowest BCUT2D eigenvalue weighted by molar-refractivity contribution is 0.101. The highest BCUT2D eigenvalue weighted by atomic mass is 16.3. The SMILES string of the molecule is C/C=C\c1c(C)c(C(C)=O)nn1CC(C)O.CCN. The Morgan fingerprint density at radius 2 is 2.11 bits per heavy atom. The third kappa shape index (κ3) is 5.36. The first-order valence-corrected chi connectivity index (χ1v) is 6.48. The van der Waals surface area contributed by atoms with E-state index in [9.17, 15) is 9.90 Å². The third-order valence-corrected chi connectivity index (χ3v) is 2.33. The monoisotopic (exact) mass is 267 g/mol. The molecule has 5 heteroatoms. The summed E-state index contributed by atoms with van der Waals surface area (Å²) in [6.45, 7) is 10.0. The zero-order valence-corrected chi connectivity index (χ0v) is 12.5. The average Bonchev–Trinajstić information content (AvgIpc) is 2.58. The number of ketones is 1. The van der Waals surface area contributed by atoms with Gasteiger partial charge in [-0.15, -0.1) is 0 Å².